The molecule has 0 radical (unpaired) electrons. The predicted molar refractivity (Wildman–Crippen MR) is 120 cm³/mol. The van der Waals surface area contributed by atoms with Gasteiger partial charge in [0.1, 0.15) is 10.8 Å². The lowest BCUT2D eigenvalue weighted by Crippen LogP contribution is -2.34. The summed E-state index contributed by atoms with van der Waals surface area (Å²) in [4.78, 5) is 25.7. The van der Waals surface area contributed by atoms with Crippen LogP contribution in [0.25, 0.3) is 0 Å². The topological polar surface area (TPSA) is 93.4 Å². The van der Waals surface area contributed by atoms with Crippen molar-refractivity contribution in [2.45, 2.75) is 46.1 Å². The van der Waals surface area contributed by atoms with Gasteiger partial charge in [-0.25, -0.2) is 0 Å². The summed E-state index contributed by atoms with van der Waals surface area (Å²) in [5.74, 6) is 0.351. The van der Waals surface area contributed by atoms with E-state index in [2.05, 4.69) is 17.6 Å². The van der Waals surface area contributed by atoms with Crippen LogP contribution < -0.4 is 21.1 Å². The third-order valence-electron chi connectivity index (χ3n) is 4.68. The summed E-state index contributed by atoms with van der Waals surface area (Å²) in [6.07, 6.45) is 2.79. The molecule has 1 aliphatic rings. The number of hydrogen-bond donors (Lipinski definition) is 3. The Morgan fingerprint density at radius 1 is 1.34 bits per heavy atom. The van der Waals surface area contributed by atoms with Crippen molar-refractivity contribution in [1.29, 1.82) is 0 Å². The van der Waals surface area contributed by atoms with Crippen molar-refractivity contribution in [2.24, 2.45) is 11.7 Å². The number of anilines is 1. The number of nitrogens with one attached hydrogen (secondary N) is 2. The van der Waals surface area contributed by atoms with Crippen molar-refractivity contribution in [1.82, 2.24) is 5.32 Å². The Bertz CT molecular complexity index is 953. The van der Waals surface area contributed by atoms with E-state index in [1.807, 2.05) is 13.8 Å². The fraction of sp³-hybridized carbons (Fsp3) is 0.381. The van der Waals surface area contributed by atoms with Gasteiger partial charge in [-0.05, 0) is 75.0 Å². The molecular formula is C21H25N3O3S2. The number of rotatable bonds is 5. The molecule has 0 saturated heterocycles. The molecule has 1 aliphatic carbocycles. The van der Waals surface area contributed by atoms with Crippen molar-refractivity contribution in [3.63, 3.8) is 0 Å². The summed E-state index contributed by atoms with van der Waals surface area (Å²) in [5, 5.41) is 6.38. The van der Waals surface area contributed by atoms with E-state index >= 15 is 0 Å². The first-order valence-electron chi connectivity index (χ1n) is 9.58. The summed E-state index contributed by atoms with van der Waals surface area (Å²) >= 11 is 6.79. The minimum atomic E-state index is -0.479. The van der Waals surface area contributed by atoms with Gasteiger partial charge in [-0.2, -0.15) is 0 Å². The Labute approximate surface area is 179 Å². The summed E-state index contributed by atoms with van der Waals surface area (Å²) in [5.41, 5.74) is 7.55. The molecule has 2 amide bonds. The molecule has 29 heavy (non-hydrogen) atoms. The van der Waals surface area contributed by atoms with E-state index in [9.17, 15) is 9.59 Å². The first-order valence-corrected chi connectivity index (χ1v) is 10.8. The smallest absolute Gasteiger partial charge is 0.257 e. The quantitative estimate of drug-likeness (QED) is 0.625. The fourth-order valence-corrected chi connectivity index (χ4v) is 5.07. The number of thiocarbonyl (C=S) groups is 1. The van der Waals surface area contributed by atoms with Crippen LogP contribution in [0.1, 0.15) is 58.3 Å². The zero-order valence-electron chi connectivity index (χ0n) is 16.7. The Hall–Kier alpha value is -2.45. The third-order valence-corrected chi connectivity index (χ3v) is 6.05. The van der Waals surface area contributed by atoms with E-state index in [1.165, 1.54) is 11.3 Å². The molecule has 1 aromatic heterocycles. The first kappa shape index (κ1) is 21.3. The molecule has 1 atom stereocenters. The molecule has 4 N–H and O–H groups in total. The molecule has 6 nitrogen and oxygen atoms in total. The molecule has 0 aliphatic heterocycles. The highest BCUT2D eigenvalue weighted by Gasteiger charge is 2.27. The van der Waals surface area contributed by atoms with Gasteiger partial charge in [-0.1, -0.05) is 13.0 Å². The molecule has 0 saturated carbocycles. The van der Waals surface area contributed by atoms with Crippen LogP contribution in [0.2, 0.25) is 0 Å². The summed E-state index contributed by atoms with van der Waals surface area (Å²) in [7, 11) is 0. The van der Waals surface area contributed by atoms with Gasteiger partial charge >= 0.3 is 0 Å². The Morgan fingerprint density at radius 3 is 2.79 bits per heavy atom. The van der Waals surface area contributed by atoms with Crippen molar-refractivity contribution in [2.75, 3.05) is 5.32 Å². The van der Waals surface area contributed by atoms with Crippen LogP contribution in [0.3, 0.4) is 0 Å². The van der Waals surface area contributed by atoms with E-state index in [-0.39, 0.29) is 17.1 Å². The number of ether oxygens (including phenoxy) is 1. The van der Waals surface area contributed by atoms with Gasteiger partial charge in [0.05, 0.1) is 11.7 Å². The maximum absolute atomic E-state index is 12.6. The van der Waals surface area contributed by atoms with Crippen LogP contribution in [0.15, 0.2) is 24.3 Å². The molecular weight excluding hydrogens is 406 g/mol. The Balaban J connectivity index is 1.73. The van der Waals surface area contributed by atoms with Gasteiger partial charge in [0.15, 0.2) is 5.11 Å². The second-order valence-corrected chi connectivity index (χ2v) is 9.04. The zero-order chi connectivity index (χ0) is 21.1. The predicted octanol–water partition coefficient (Wildman–Crippen LogP) is 3.89. The molecule has 0 spiro atoms. The monoisotopic (exact) mass is 431 g/mol. The number of carbonyl (C=O) groups is 2. The lowest BCUT2D eigenvalue weighted by Gasteiger charge is -2.18. The van der Waals surface area contributed by atoms with Gasteiger partial charge in [-0.15, -0.1) is 11.3 Å². The van der Waals surface area contributed by atoms with Crippen LogP contribution in [-0.2, 0) is 12.8 Å². The summed E-state index contributed by atoms with van der Waals surface area (Å²) < 4.78 is 5.62. The second kappa shape index (κ2) is 8.92. The Kier molecular flexibility index (Phi) is 6.54. The molecule has 8 heteroatoms. The minimum absolute atomic E-state index is 0.0101. The number of benzene rings is 1. The lowest BCUT2D eigenvalue weighted by atomic mass is 9.88. The third kappa shape index (κ3) is 5.13. The highest BCUT2D eigenvalue weighted by molar-refractivity contribution is 7.80. The number of carbonyl (C=O) groups excluding carboxylic acids is 2. The summed E-state index contributed by atoms with van der Waals surface area (Å²) in [6, 6.07) is 6.90. The van der Waals surface area contributed by atoms with Crippen molar-refractivity contribution < 1.29 is 14.3 Å². The molecule has 1 aromatic carbocycles. The number of primary amides is 1. The van der Waals surface area contributed by atoms with Crippen LogP contribution in [0.4, 0.5) is 5.00 Å². The van der Waals surface area contributed by atoms with E-state index in [4.69, 9.17) is 22.7 Å². The van der Waals surface area contributed by atoms with E-state index in [1.54, 1.807) is 24.3 Å². The van der Waals surface area contributed by atoms with E-state index in [0.717, 1.165) is 29.7 Å². The van der Waals surface area contributed by atoms with Crippen LogP contribution >= 0.6 is 23.6 Å². The second-order valence-electron chi connectivity index (χ2n) is 7.52. The largest absolute Gasteiger partial charge is 0.491 e. The number of thiophene rings is 1. The molecule has 0 unspecified atom stereocenters. The average Bonchev–Trinajstić information content (AvgIpc) is 2.98. The fourth-order valence-electron chi connectivity index (χ4n) is 3.39. The number of amides is 2. The normalized spacial score (nSPS) is 15.5. The Morgan fingerprint density at radius 2 is 2.10 bits per heavy atom. The van der Waals surface area contributed by atoms with E-state index < -0.39 is 5.91 Å². The number of fused-ring (bicyclic) bond motifs is 1. The molecule has 2 aromatic rings. The molecule has 1 heterocycles. The van der Waals surface area contributed by atoms with Gasteiger partial charge in [-0.3, -0.25) is 14.9 Å². The molecule has 3 rings (SSSR count). The van der Waals surface area contributed by atoms with E-state index in [0.29, 0.717) is 27.8 Å². The molecule has 0 fully saturated rings. The number of hydrogen-bond acceptors (Lipinski definition) is 5. The van der Waals surface area contributed by atoms with Crippen molar-refractivity contribution >= 4 is 45.5 Å². The standard InChI is InChI=1S/C21H25N3O3S2/c1-11(2)27-14-6-4-5-13(10-14)19(26)23-21(28)24-20-17(18(22)25)15-8-7-12(3)9-16(15)29-20/h4-6,10-12H,7-9H2,1-3H3,(H2,22,25)(H2,23,24,26,28)/t12-/m0/s1. The summed E-state index contributed by atoms with van der Waals surface area (Å²) in [6.45, 7) is 6.04. The number of nitrogens with two attached hydrogens (primary N) is 1. The van der Waals surface area contributed by atoms with Crippen molar-refractivity contribution in [3.8, 4) is 5.75 Å². The maximum Gasteiger partial charge on any atom is 0.257 e. The van der Waals surface area contributed by atoms with Gasteiger partial charge in [0.2, 0.25) is 0 Å². The average molecular weight is 432 g/mol. The maximum atomic E-state index is 12.6. The minimum Gasteiger partial charge on any atom is -0.491 e. The SMILES string of the molecule is CC(C)Oc1cccc(C(=O)NC(=S)Nc2sc3c(c2C(N)=O)CC[C@H](C)C3)c1. The van der Waals surface area contributed by atoms with Gasteiger partial charge in [0.25, 0.3) is 11.8 Å². The van der Waals surface area contributed by atoms with Gasteiger partial charge < -0.3 is 15.8 Å². The first-order chi connectivity index (χ1) is 13.7. The molecule has 0 bridgehead atoms. The highest BCUT2D eigenvalue weighted by Crippen LogP contribution is 2.39. The van der Waals surface area contributed by atoms with Crippen LogP contribution in [0.5, 0.6) is 5.75 Å². The lowest BCUT2D eigenvalue weighted by molar-refractivity contribution is 0.0975. The molecule has 154 valence electrons. The zero-order valence-corrected chi connectivity index (χ0v) is 18.3. The van der Waals surface area contributed by atoms with Crippen molar-refractivity contribution in [3.05, 3.63) is 45.8 Å². The van der Waals surface area contributed by atoms with Gasteiger partial charge in [0, 0.05) is 10.4 Å². The van der Waals surface area contributed by atoms with Crippen LogP contribution in [-0.4, -0.2) is 23.0 Å². The van der Waals surface area contributed by atoms with Crippen LogP contribution in [0, 0.1) is 5.92 Å². The highest BCUT2D eigenvalue weighted by atomic mass is 32.1.